The number of rotatable bonds is 9. The lowest BCUT2D eigenvalue weighted by Gasteiger charge is -2.17. The summed E-state index contributed by atoms with van der Waals surface area (Å²) in [5, 5.41) is 0.864. The summed E-state index contributed by atoms with van der Waals surface area (Å²) >= 11 is 0. The molecule has 0 aliphatic heterocycles. The summed E-state index contributed by atoms with van der Waals surface area (Å²) in [4.78, 5) is 11.3. The molecule has 0 fully saturated rings. The minimum absolute atomic E-state index is 0.351. The number of hydrogen-bond donors (Lipinski definition) is 0. The second-order valence-corrected chi connectivity index (χ2v) is 5.35. The number of ether oxygens (including phenoxy) is 3. The van der Waals surface area contributed by atoms with E-state index >= 15 is 0 Å². The van der Waals surface area contributed by atoms with Crippen molar-refractivity contribution < 1.29 is 19.0 Å². The number of benzene rings is 1. The smallest absolute Gasteiger partial charge is 0.333 e. The number of hydrogen-bond acceptors (Lipinski definition) is 4. The standard InChI is InChI=1S/C17H23O4Si/c1-5-19-15-13(8-7-11-21-17(18)12(3)4)9-10-14(22)16(15)20-6-2/h9-10H,3,5-8,11H2,1-2,4H3. The minimum Gasteiger partial charge on any atom is -0.490 e. The van der Waals surface area contributed by atoms with E-state index in [1.54, 1.807) is 6.92 Å². The molecule has 0 unspecified atom stereocenters. The molecule has 0 spiro atoms. The van der Waals surface area contributed by atoms with Crippen molar-refractivity contribution in [3.05, 3.63) is 29.8 Å². The van der Waals surface area contributed by atoms with E-state index < -0.39 is 0 Å². The highest BCUT2D eigenvalue weighted by molar-refractivity contribution is 6.34. The molecular weight excluding hydrogens is 296 g/mol. The van der Waals surface area contributed by atoms with E-state index in [0.29, 0.717) is 31.8 Å². The molecule has 0 bridgehead atoms. The molecule has 0 atom stereocenters. The van der Waals surface area contributed by atoms with Crippen LogP contribution in [0.1, 0.15) is 32.8 Å². The van der Waals surface area contributed by atoms with E-state index in [1.165, 1.54) is 0 Å². The molecular formula is C17H23O4Si. The van der Waals surface area contributed by atoms with E-state index in [2.05, 4.69) is 16.8 Å². The normalized spacial score (nSPS) is 10.2. The van der Waals surface area contributed by atoms with E-state index in [0.717, 1.165) is 28.7 Å². The summed E-state index contributed by atoms with van der Waals surface area (Å²) in [6.45, 7) is 10.6. The van der Waals surface area contributed by atoms with Crippen molar-refractivity contribution in [3.8, 4) is 11.5 Å². The number of aryl methyl sites for hydroxylation is 1. The molecule has 0 aliphatic carbocycles. The van der Waals surface area contributed by atoms with Gasteiger partial charge in [-0.1, -0.05) is 18.7 Å². The molecule has 0 aromatic heterocycles. The van der Waals surface area contributed by atoms with Crippen molar-refractivity contribution in [1.82, 2.24) is 0 Å². The van der Waals surface area contributed by atoms with Crippen molar-refractivity contribution in [1.29, 1.82) is 0 Å². The van der Waals surface area contributed by atoms with Crippen LogP contribution in [0.15, 0.2) is 24.3 Å². The van der Waals surface area contributed by atoms with E-state index in [-0.39, 0.29) is 5.97 Å². The van der Waals surface area contributed by atoms with Gasteiger partial charge in [-0.3, -0.25) is 0 Å². The zero-order chi connectivity index (χ0) is 16.5. The second-order valence-electron chi connectivity index (χ2n) is 4.82. The first kappa shape index (κ1) is 18.3. The van der Waals surface area contributed by atoms with Gasteiger partial charge in [-0.05, 0) is 44.4 Å². The maximum absolute atomic E-state index is 11.3. The summed E-state index contributed by atoms with van der Waals surface area (Å²) in [7, 11) is 3.54. The molecule has 119 valence electrons. The van der Waals surface area contributed by atoms with Crippen LogP contribution in [0.2, 0.25) is 0 Å². The van der Waals surface area contributed by atoms with Crippen LogP contribution in [0.5, 0.6) is 11.5 Å². The summed E-state index contributed by atoms with van der Waals surface area (Å²) in [5.74, 6) is 1.12. The lowest BCUT2D eigenvalue weighted by Crippen LogP contribution is -2.13. The van der Waals surface area contributed by atoms with Crippen molar-refractivity contribution >= 4 is 21.4 Å². The molecule has 5 heteroatoms. The van der Waals surface area contributed by atoms with Crippen molar-refractivity contribution in [3.63, 3.8) is 0 Å². The molecule has 1 aromatic carbocycles. The summed E-state index contributed by atoms with van der Waals surface area (Å²) < 4.78 is 16.5. The Morgan fingerprint density at radius 2 is 1.82 bits per heavy atom. The van der Waals surface area contributed by atoms with Gasteiger partial charge >= 0.3 is 5.97 Å². The van der Waals surface area contributed by atoms with Gasteiger partial charge in [-0.15, -0.1) is 0 Å². The Labute approximate surface area is 135 Å². The Morgan fingerprint density at radius 3 is 2.41 bits per heavy atom. The summed E-state index contributed by atoms with van der Waals surface area (Å²) in [5.41, 5.74) is 1.45. The SMILES string of the molecule is C=C(C)C(=O)OCCCc1ccc([Si])c(OCC)c1OCC. The van der Waals surface area contributed by atoms with Crippen LogP contribution in [0, 0.1) is 0 Å². The zero-order valence-corrected chi connectivity index (χ0v) is 14.5. The topological polar surface area (TPSA) is 44.8 Å². The molecule has 4 nitrogen and oxygen atoms in total. The summed E-state index contributed by atoms with van der Waals surface area (Å²) in [6, 6.07) is 3.94. The predicted octanol–water partition coefficient (Wildman–Crippen LogP) is 2.33. The van der Waals surface area contributed by atoms with Crippen LogP contribution in [0.3, 0.4) is 0 Å². The van der Waals surface area contributed by atoms with Crippen LogP contribution in [-0.2, 0) is 16.0 Å². The molecule has 0 N–H and O–H groups in total. The third kappa shape index (κ3) is 5.22. The first-order valence-electron chi connectivity index (χ1n) is 7.46. The predicted molar refractivity (Wildman–Crippen MR) is 88.3 cm³/mol. The summed E-state index contributed by atoms with van der Waals surface area (Å²) in [6.07, 6.45) is 1.46. The third-order valence-electron chi connectivity index (χ3n) is 2.94. The van der Waals surface area contributed by atoms with Crippen LogP contribution in [0.25, 0.3) is 0 Å². The quantitative estimate of drug-likeness (QED) is 0.303. The highest BCUT2D eigenvalue weighted by Gasteiger charge is 2.14. The number of carbonyl (C=O) groups is 1. The van der Waals surface area contributed by atoms with Crippen molar-refractivity contribution in [2.75, 3.05) is 19.8 Å². The highest BCUT2D eigenvalue weighted by atomic mass is 28.1. The van der Waals surface area contributed by atoms with Crippen LogP contribution < -0.4 is 14.7 Å². The maximum Gasteiger partial charge on any atom is 0.333 e. The Kier molecular flexibility index (Phi) is 7.74. The van der Waals surface area contributed by atoms with E-state index in [1.807, 2.05) is 26.0 Å². The molecule has 0 aliphatic rings. The number of esters is 1. The largest absolute Gasteiger partial charge is 0.490 e. The van der Waals surface area contributed by atoms with Gasteiger partial charge < -0.3 is 14.2 Å². The van der Waals surface area contributed by atoms with Crippen molar-refractivity contribution in [2.45, 2.75) is 33.6 Å². The molecule has 1 rings (SSSR count). The van der Waals surface area contributed by atoms with Crippen LogP contribution in [0.4, 0.5) is 0 Å². The monoisotopic (exact) mass is 319 g/mol. The third-order valence-corrected chi connectivity index (χ3v) is 3.34. The fourth-order valence-electron chi connectivity index (χ4n) is 1.94. The number of carbonyl (C=O) groups excluding carboxylic acids is 1. The van der Waals surface area contributed by atoms with Gasteiger partial charge in [-0.2, -0.15) is 0 Å². The lowest BCUT2D eigenvalue weighted by atomic mass is 10.1. The average Bonchev–Trinajstić information content (AvgIpc) is 2.48. The highest BCUT2D eigenvalue weighted by Crippen LogP contribution is 2.30. The second kappa shape index (κ2) is 9.30. The minimum atomic E-state index is -0.351. The Morgan fingerprint density at radius 1 is 1.18 bits per heavy atom. The molecule has 0 amide bonds. The molecule has 22 heavy (non-hydrogen) atoms. The Balaban J connectivity index is 2.75. The lowest BCUT2D eigenvalue weighted by molar-refractivity contribution is -0.139. The van der Waals surface area contributed by atoms with Crippen molar-refractivity contribution in [2.24, 2.45) is 0 Å². The fourth-order valence-corrected chi connectivity index (χ4v) is 2.21. The van der Waals surface area contributed by atoms with Gasteiger partial charge in [0, 0.05) is 5.57 Å². The maximum atomic E-state index is 11.3. The Bertz CT molecular complexity index is 526. The molecule has 0 saturated heterocycles. The van der Waals surface area contributed by atoms with Gasteiger partial charge in [0.1, 0.15) is 0 Å². The fraction of sp³-hybridized carbons (Fsp3) is 0.471. The van der Waals surface area contributed by atoms with Gasteiger partial charge in [0.25, 0.3) is 0 Å². The van der Waals surface area contributed by atoms with Crippen LogP contribution in [-0.4, -0.2) is 36.0 Å². The van der Waals surface area contributed by atoms with Gasteiger partial charge in [0.2, 0.25) is 0 Å². The average molecular weight is 319 g/mol. The Hall–Kier alpha value is -1.75. The zero-order valence-electron chi connectivity index (χ0n) is 13.5. The van der Waals surface area contributed by atoms with E-state index in [9.17, 15) is 4.79 Å². The molecule has 0 saturated carbocycles. The van der Waals surface area contributed by atoms with Gasteiger partial charge in [-0.25, -0.2) is 4.79 Å². The molecule has 0 heterocycles. The van der Waals surface area contributed by atoms with E-state index in [4.69, 9.17) is 14.2 Å². The first-order valence-corrected chi connectivity index (χ1v) is 7.96. The molecule has 1 aromatic rings. The molecule has 3 radical (unpaired) electrons. The van der Waals surface area contributed by atoms with Gasteiger partial charge in [0.15, 0.2) is 11.5 Å². The van der Waals surface area contributed by atoms with Crippen LogP contribution >= 0.6 is 0 Å². The first-order chi connectivity index (χ1) is 10.5. The van der Waals surface area contributed by atoms with Gasteiger partial charge in [0.05, 0.1) is 30.1 Å².